The maximum atomic E-state index is 11.7. The van der Waals surface area contributed by atoms with Crippen LogP contribution in [-0.4, -0.2) is 19.7 Å². The van der Waals surface area contributed by atoms with Crippen LogP contribution in [0.1, 0.15) is 28.4 Å². The van der Waals surface area contributed by atoms with Gasteiger partial charge in [0.1, 0.15) is 11.8 Å². The third-order valence-electron chi connectivity index (χ3n) is 2.18. The zero-order chi connectivity index (χ0) is 12.8. The number of ether oxygens (including phenoxy) is 2. The lowest BCUT2D eigenvalue weighted by molar-refractivity contribution is 0.0525. The highest BCUT2D eigenvalue weighted by atomic mass is 79.9. The Kier molecular flexibility index (Phi) is 4.98. The van der Waals surface area contributed by atoms with Crippen LogP contribution in [0.5, 0.6) is 5.75 Å². The Morgan fingerprint density at radius 3 is 2.71 bits per heavy atom. The number of halogens is 1. The second-order valence-electron chi connectivity index (χ2n) is 3.17. The lowest BCUT2D eigenvalue weighted by Crippen LogP contribution is -2.09. The van der Waals surface area contributed by atoms with Crippen LogP contribution in [0.15, 0.2) is 12.1 Å². The molecule has 0 fully saturated rings. The molecule has 0 aromatic heterocycles. The molecular weight excluding hydrogens is 286 g/mol. The van der Waals surface area contributed by atoms with Crippen LogP contribution in [0, 0.1) is 11.3 Å². The van der Waals surface area contributed by atoms with Crippen LogP contribution < -0.4 is 4.74 Å². The molecule has 0 saturated heterocycles. The van der Waals surface area contributed by atoms with Gasteiger partial charge in [-0.05, 0) is 24.6 Å². The number of benzene rings is 1. The maximum Gasteiger partial charge on any atom is 0.339 e. The number of nitrogens with zero attached hydrogens (tertiary/aromatic N) is 1. The number of nitriles is 1. The minimum Gasteiger partial charge on any atom is -0.497 e. The molecule has 0 amide bonds. The number of rotatable bonds is 4. The van der Waals surface area contributed by atoms with Crippen molar-refractivity contribution in [2.45, 2.75) is 12.3 Å². The van der Waals surface area contributed by atoms with Crippen molar-refractivity contribution in [2.75, 3.05) is 13.7 Å². The summed E-state index contributed by atoms with van der Waals surface area (Å²) in [6.07, 6.45) is 0. The predicted molar refractivity (Wildman–Crippen MR) is 66.3 cm³/mol. The lowest BCUT2D eigenvalue weighted by atomic mass is 10.0. The van der Waals surface area contributed by atoms with E-state index in [1.807, 2.05) is 6.07 Å². The first kappa shape index (κ1) is 13.5. The first-order valence-electron chi connectivity index (χ1n) is 5.02. The smallest absolute Gasteiger partial charge is 0.339 e. The number of methoxy groups -OCH3 is 1. The van der Waals surface area contributed by atoms with Gasteiger partial charge in [0.05, 0.1) is 24.8 Å². The molecule has 4 nitrogen and oxygen atoms in total. The zero-order valence-corrected chi connectivity index (χ0v) is 11.2. The maximum absolute atomic E-state index is 11.7. The van der Waals surface area contributed by atoms with Gasteiger partial charge in [0.2, 0.25) is 0 Å². The number of hydrogen-bond donors (Lipinski definition) is 0. The molecule has 0 aliphatic heterocycles. The molecule has 90 valence electrons. The fraction of sp³-hybridized carbons (Fsp3) is 0.333. The number of esters is 1. The summed E-state index contributed by atoms with van der Waals surface area (Å²) in [5.41, 5.74) is 1.26. The van der Waals surface area contributed by atoms with E-state index in [-0.39, 0.29) is 12.2 Å². The SMILES string of the molecule is CCOC(=O)c1cc(OC)cc(CBr)c1C#N. The van der Waals surface area contributed by atoms with Gasteiger partial charge < -0.3 is 9.47 Å². The topological polar surface area (TPSA) is 59.3 Å². The molecule has 0 N–H and O–H groups in total. The molecule has 0 aliphatic rings. The monoisotopic (exact) mass is 297 g/mol. The van der Waals surface area contributed by atoms with E-state index in [1.165, 1.54) is 13.2 Å². The Morgan fingerprint density at radius 2 is 2.24 bits per heavy atom. The van der Waals surface area contributed by atoms with E-state index >= 15 is 0 Å². The molecule has 0 saturated carbocycles. The van der Waals surface area contributed by atoms with Gasteiger partial charge in [0.15, 0.2) is 0 Å². The standard InChI is InChI=1S/C12H12BrNO3/c1-3-17-12(15)10-5-9(16-2)4-8(6-13)11(10)7-14/h4-5H,3,6H2,1-2H3. The van der Waals surface area contributed by atoms with Gasteiger partial charge >= 0.3 is 5.97 Å². The summed E-state index contributed by atoms with van der Waals surface area (Å²) in [5.74, 6) is 0.0200. The molecule has 0 atom stereocenters. The van der Waals surface area contributed by atoms with Crippen molar-refractivity contribution >= 4 is 21.9 Å². The first-order chi connectivity index (χ1) is 8.17. The van der Waals surface area contributed by atoms with Crippen molar-refractivity contribution in [3.8, 4) is 11.8 Å². The number of hydrogen-bond acceptors (Lipinski definition) is 4. The van der Waals surface area contributed by atoms with E-state index in [0.29, 0.717) is 22.2 Å². The number of carbonyl (C=O) groups excluding carboxylic acids is 1. The quantitative estimate of drug-likeness (QED) is 0.633. The Balaban J connectivity index is 3.35. The molecule has 0 bridgehead atoms. The van der Waals surface area contributed by atoms with Gasteiger partial charge in [-0.2, -0.15) is 5.26 Å². The molecule has 1 rings (SSSR count). The number of alkyl halides is 1. The number of carbonyl (C=O) groups is 1. The lowest BCUT2D eigenvalue weighted by Gasteiger charge is -2.10. The summed E-state index contributed by atoms with van der Waals surface area (Å²) in [4.78, 5) is 11.7. The average Bonchev–Trinajstić information content (AvgIpc) is 2.37. The second kappa shape index (κ2) is 6.26. The average molecular weight is 298 g/mol. The van der Waals surface area contributed by atoms with Gasteiger partial charge in [-0.3, -0.25) is 0 Å². The third kappa shape index (κ3) is 2.98. The van der Waals surface area contributed by atoms with Crippen molar-refractivity contribution in [2.24, 2.45) is 0 Å². The molecule has 0 aliphatic carbocycles. The van der Waals surface area contributed by atoms with Crippen LogP contribution in [0.4, 0.5) is 0 Å². The Labute approximate surface area is 108 Å². The Hall–Kier alpha value is -1.54. The van der Waals surface area contributed by atoms with E-state index in [0.717, 1.165) is 0 Å². The third-order valence-corrected chi connectivity index (χ3v) is 2.78. The molecule has 5 heteroatoms. The van der Waals surface area contributed by atoms with E-state index in [9.17, 15) is 4.79 Å². The van der Waals surface area contributed by atoms with E-state index in [1.54, 1.807) is 13.0 Å². The molecule has 1 aromatic rings. The van der Waals surface area contributed by atoms with Crippen molar-refractivity contribution in [1.29, 1.82) is 5.26 Å². The molecule has 0 spiro atoms. The fourth-order valence-corrected chi connectivity index (χ4v) is 1.84. The Bertz CT molecular complexity index is 466. The molecule has 0 heterocycles. The molecule has 0 unspecified atom stereocenters. The Morgan fingerprint density at radius 1 is 1.53 bits per heavy atom. The fourth-order valence-electron chi connectivity index (χ4n) is 1.40. The summed E-state index contributed by atoms with van der Waals surface area (Å²) in [6, 6.07) is 5.25. The van der Waals surface area contributed by atoms with E-state index < -0.39 is 5.97 Å². The van der Waals surface area contributed by atoms with Crippen LogP contribution in [0.2, 0.25) is 0 Å². The van der Waals surface area contributed by atoms with Gasteiger partial charge in [-0.15, -0.1) is 0 Å². The summed E-state index contributed by atoms with van der Waals surface area (Å²) in [7, 11) is 1.51. The zero-order valence-electron chi connectivity index (χ0n) is 9.62. The largest absolute Gasteiger partial charge is 0.497 e. The molecule has 0 radical (unpaired) electrons. The predicted octanol–water partition coefficient (Wildman–Crippen LogP) is 2.64. The van der Waals surface area contributed by atoms with Gasteiger partial charge in [0.25, 0.3) is 0 Å². The van der Waals surface area contributed by atoms with E-state index in [2.05, 4.69) is 15.9 Å². The normalized spacial score (nSPS) is 9.53. The van der Waals surface area contributed by atoms with Crippen LogP contribution >= 0.6 is 15.9 Å². The van der Waals surface area contributed by atoms with Crippen molar-refractivity contribution < 1.29 is 14.3 Å². The van der Waals surface area contributed by atoms with Crippen LogP contribution in [0.25, 0.3) is 0 Å². The van der Waals surface area contributed by atoms with Gasteiger partial charge in [-0.25, -0.2) is 4.79 Å². The van der Waals surface area contributed by atoms with Crippen molar-refractivity contribution in [3.63, 3.8) is 0 Å². The van der Waals surface area contributed by atoms with Crippen LogP contribution in [-0.2, 0) is 10.1 Å². The summed E-state index contributed by atoms with van der Waals surface area (Å²) < 4.78 is 10.00. The molecule has 17 heavy (non-hydrogen) atoms. The summed E-state index contributed by atoms with van der Waals surface area (Å²) in [6.45, 7) is 1.99. The van der Waals surface area contributed by atoms with Gasteiger partial charge in [-0.1, -0.05) is 15.9 Å². The highest BCUT2D eigenvalue weighted by Crippen LogP contribution is 2.24. The minimum atomic E-state index is -0.509. The van der Waals surface area contributed by atoms with E-state index in [4.69, 9.17) is 14.7 Å². The second-order valence-corrected chi connectivity index (χ2v) is 3.74. The highest BCUT2D eigenvalue weighted by molar-refractivity contribution is 9.08. The summed E-state index contributed by atoms with van der Waals surface area (Å²) in [5, 5.41) is 9.56. The molecular formula is C12H12BrNO3. The van der Waals surface area contributed by atoms with Crippen molar-refractivity contribution in [3.05, 3.63) is 28.8 Å². The van der Waals surface area contributed by atoms with Crippen LogP contribution in [0.3, 0.4) is 0 Å². The minimum absolute atomic E-state index is 0.239. The first-order valence-corrected chi connectivity index (χ1v) is 6.14. The molecule has 1 aromatic carbocycles. The van der Waals surface area contributed by atoms with Gasteiger partial charge in [0, 0.05) is 5.33 Å². The highest BCUT2D eigenvalue weighted by Gasteiger charge is 2.17. The summed E-state index contributed by atoms with van der Waals surface area (Å²) >= 11 is 3.28. The van der Waals surface area contributed by atoms with Crippen molar-refractivity contribution in [1.82, 2.24) is 0 Å².